The lowest BCUT2D eigenvalue weighted by Gasteiger charge is -2.27. The van der Waals surface area contributed by atoms with Gasteiger partial charge in [-0.15, -0.1) is 0 Å². The second kappa shape index (κ2) is 4.24. The number of ether oxygens (including phenoxy) is 1. The predicted octanol–water partition coefficient (Wildman–Crippen LogP) is 1.61. The molecule has 0 unspecified atom stereocenters. The Hall–Kier alpha value is -0.770. The van der Waals surface area contributed by atoms with Crippen LogP contribution in [-0.2, 0) is 4.74 Å². The fourth-order valence-electron chi connectivity index (χ4n) is 2.41. The highest BCUT2D eigenvalue weighted by atomic mass is 16.6. The van der Waals surface area contributed by atoms with E-state index in [9.17, 15) is 4.79 Å². The summed E-state index contributed by atoms with van der Waals surface area (Å²) in [5.74, 6) is 0.603. The molecule has 3 aliphatic rings. The zero-order valence-electron chi connectivity index (χ0n) is 10.5. The number of hydrogen-bond acceptors (Lipinski definition) is 3. The average molecular weight is 226 g/mol. The molecule has 0 aromatic carbocycles. The van der Waals surface area contributed by atoms with Crippen molar-refractivity contribution < 1.29 is 9.53 Å². The SMILES string of the molecule is CC(C)(C)OC(=O)N1C[C@H]2CC[C@H](C1)NC2. The summed E-state index contributed by atoms with van der Waals surface area (Å²) in [6, 6.07) is 0.464. The van der Waals surface area contributed by atoms with E-state index in [1.807, 2.05) is 25.7 Å². The third kappa shape index (κ3) is 2.88. The van der Waals surface area contributed by atoms with Gasteiger partial charge in [-0.3, -0.25) is 0 Å². The normalized spacial score (nSPS) is 30.1. The minimum absolute atomic E-state index is 0.159. The molecule has 0 aromatic rings. The maximum Gasteiger partial charge on any atom is 0.410 e. The fraction of sp³-hybridized carbons (Fsp3) is 0.917. The van der Waals surface area contributed by atoms with Crippen LogP contribution in [0.1, 0.15) is 33.6 Å². The number of amides is 1. The van der Waals surface area contributed by atoms with E-state index in [-0.39, 0.29) is 6.09 Å². The quantitative estimate of drug-likeness (QED) is 0.682. The molecule has 0 aliphatic carbocycles. The Morgan fingerprint density at radius 3 is 2.62 bits per heavy atom. The van der Waals surface area contributed by atoms with Crippen LogP contribution in [0, 0.1) is 5.92 Å². The Morgan fingerprint density at radius 1 is 1.31 bits per heavy atom. The summed E-state index contributed by atoms with van der Waals surface area (Å²) < 4.78 is 5.42. The molecule has 92 valence electrons. The zero-order chi connectivity index (χ0) is 11.8. The average Bonchev–Trinajstić information content (AvgIpc) is 2.47. The van der Waals surface area contributed by atoms with Crippen molar-refractivity contribution in [3.8, 4) is 0 Å². The first-order valence-corrected chi connectivity index (χ1v) is 6.15. The van der Waals surface area contributed by atoms with Gasteiger partial charge in [0.1, 0.15) is 5.60 Å². The lowest BCUT2D eigenvalue weighted by molar-refractivity contribution is 0.0242. The Bertz CT molecular complexity index is 251. The van der Waals surface area contributed by atoms with E-state index >= 15 is 0 Å². The van der Waals surface area contributed by atoms with E-state index in [1.165, 1.54) is 12.8 Å². The first-order chi connectivity index (χ1) is 7.44. The molecule has 4 nitrogen and oxygen atoms in total. The fourth-order valence-corrected chi connectivity index (χ4v) is 2.41. The van der Waals surface area contributed by atoms with Crippen LogP contribution < -0.4 is 5.32 Å². The third-order valence-electron chi connectivity index (χ3n) is 3.19. The Labute approximate surface area is 97.3 Å². The standard InChI is InChI=1S/C12H22N2O2/c1-12(2,3)16-11(15)14-7-9-4-5-10(8-14)13-6-9/h9-10,13H,4-8H2,1-3H3/t9-,10+/m0/s1. The molecule has 3 aliphatic heterocycles. The van der Waals surface area contributed by atoms with Crippen molar-refractivity contribution in [2.45, 2.75) is 45.3 Å². The number of hydrogen-bond donors (Lipinski definition) is 1. The van der Waals surface area contributed by atoms with E-state index in [1.54, 1.807) is 0 Å². The highest BCUT2D eigenvalue weighted by Gasteiger charge is 2.33. The number of nitrogens with zero attached hydrogens (tertiary/aromatic N) is 1. The van der Waals surface area contributed by atoms with Gasteiger partial charge in [0.05, 0.1) is 0 Å². The van der Waals surface area contributed by atoms with Crippen LogP contribution in [0.3, 0.4) is 0 Å². The van der Waals surface area contributed by atoms with E-state index in [0.717, 1.165) is 19.6 Å². The molecule has 1 N–H and O–H groups in total. The Balaban J connectivity index is 1.96. The van der Waals surface area contributed by atoms with Crippen LogP contribution in [0.25, 0.3) is 0 Å². The minimum Gasteiger partial charge on any atom is -0.444 e. The Morgan fingerprint density at radius 2 is 2.06 bits per heavy atom. The molecule has 0 saturated carbocycles. The molecule has 0 aromatic heterocycles. The van der Waals surface area contributed by atoms with Gasteiger partial charge < -0.3 is 15.0 Å². The van der Waals surface area contributed by atoms with Crippen molar-refractivity contribution in [2.24, 2.45) is 5.92 Å². The molecular weight excluding hydrogens is 204 g/mol. The summed E-state index contributed by atoms with van der Waals surface area (Å²) in [7, 11) is 0. The summed E-state index contributed by atoms with van der Waals surface area (Å²) in [6.45, 7) is 8.43. The van der Waals surface area contributed by atoms with Crippen molar-refractivity contribution in [1.29, 1.82) is 0 Å². The summed E-state index contributed by atoms with van der Waals surface area (Å²) in [5.41, 5.74) is -0.393. The molecule has 3 fully saturated rings. The van der Waals surface area contributed by atoms with Gasteiger partial charge in [0, 0.05) is 19.1 Å². The number of carbonyl (C=O) groups is 1. The smallest absolute Gasteiger partial charge is 0.410 e. The first kappa shape index (κ1) is 11.7. The van der Waals surface area contributed by atoms with Gasteiger partial charge in [0.15, 0.2) is 0 Å². The van der Waals surface area contributed by atoms with Crippen LogP contribution in [0.2, 0.25) is 0 Å². The van der Waals surface area contributed by atoms with Crippen molar-refractivity contribution in [2.75, 3.05) is 19.6 Å². The first-order valence-electron chi connectivity index (χ1n) is 6.15. The zero-order valence-corrected chi connectivity index (χ0v) is 10.5. The Kier molecular flexibility index (Phi) is 3.10. The number of nitrogens with one attached hydrogen (secondary N) is 1. The van der Waals surface area contributed by atoms with E-state index < -0.39 is 5.60 Å². The van der Waals surface area contributed by atoms with Gasteiger partial charge in [-0.25, -0.2) is 4.79 Å². The van der Waals surface area contributed by atoms with Crippen molar-refractivity contribution in [1.82, 2.24) is 10.2 Å². The molecule has 3 rings (SSSR count). The van der Waals surface area contributed by atoms with Gasteiger partial charge in [-0.2, -0.15) is 0 Å². The topological polar surface area (TPSA) is 41.6 Å². The van der Waals surface area contributed by atoms with Crippen LogP contribution >= 0.6 is 0 Å². The van der Waals surface area contributed by atoms with Gasteiger partial charge in [0.25, 0.3) is 0 Å². The molecule has 16 heavy (non-hydrogen) atoms. The monoisotopic (exact) mass is 226 g/mol. The number of carbonyl (C=O) groups excluding carboxylic acids is 1. The van der Waals surface area contributed by atoms with Crippen molar-refractivity contribution in [3.63, 3.8) is 0 Å². The molecule has 2 bridgehead atoms. The van der Waals surface area contributed by atoms with Crippen molar-refractivity contribution in [3.05, 3.63) is 0 Å². The second-order valence-corrected chi connectivity index (χ2v) is 5.93. The minimum atomic E-state index is -0.393. The number of piperidine rings is 1. The molecule has 2 atom stereocenters. The summed E-state index contributed by atoms with van der Waals surface area (Å²) in [6.07, 6.45) is 2.26. The van der Waals surface area contributed by atoms with Gasteiger partial charge in [-0.05, 0) is 46.1 Å². The lowest BCUT2D eigenvalue weighted by atomic mass is 9.97. The van der Waals surface area contributed by atoms with E-state index in [2.05, 4.69) is 5.32 Å². The third-order valence-corrected chi connectivity index (χ3v) is 3.19. The van der Waals surface area contributed by atoms with Gasteiger partial charge in [-0.1, -0.05) is 0 Å². The van der Waals surface area contributed by atoms with E-state index in [0.29, 0.717) is 12.0 Å². The number of fused-ring (bicyclic) bond motifs is 4. The molecule has 0 spiro atoms. The molecule has 3 saturated heterocycles. The van der Waals surface area contributed by atoms with Crippen LogP contribution in [0.15, 0.2) is 0 Å². The molecular formula is C12H22N2O2. The number of rotatable bonds is 0. The highest BCUT2D eigenvalue weighted by Crippen LogP contribution is 2.22. The second-order valence-electron chi connectivity index (χ2n) is 5.93. The van der Waals surface area contributed by atoms with Crippen LogP contribution in [-0.4, -0.2) is 42.3 Å². The van der Waals surface area contributed by atoms with Crippen LogP contribution in [0.4, 0.5) is 4.79 Å². The predicted molar refractivity (Wildman–Crippen MR) is 62.3 cm³/mol. The maximum atomic E-state index is 12.0. The van der Waals surface area contributed by atoms with Gasteiger partial charge >= 0.3 is 6.09 Å². The lowest BCUT2D eigenvalue weighted by Crippen LogP contribution is -2.42. The van der Waals surface area contributed by atoms with Crippen molar-refractivity contribution >= 4 is 6.09 Å². The van der Waals surface area contributed by atoms with Crippen LogP contribution in [0.5, 0.6) is 0 Å². The summed E-state index contributed by atoms with van der Waals surface area (Å²) >= 11 is 0. The molecule has 0 radical (unpaired) electrons. The largest absolute Gasteiger partial charge is 0.444 e. The molecule has 3 heterocycles. The van der Waals surface area contributed by atoms with E-state index in [4.69, 9.17) is 4.74 Å². The molecule has 1 amide bonds. The summed E-state index contributed by atoms with van der Waals surface area (Å²) in [4.78, 5) is 13.8. The van der Waals surface area contributed by atoms with Gasteiger partial charge in [0.2, 0.25) is 0 Å². The molecule has 4 heteroatoms. The summed E-state index contributed by atoms with van der Waals surface area (Å²) in [5, 5.41) is 3.48. The highest BCUT2D eigenvalue weighted by molar-refractivity contribution is 5.68. The maximum absolute atomic E-state index is 12.0.